The molecule has 0 saturated heterocycles. The summed E-state index contributed by atoms with van der Waals surface area (Å²) in [5, 5.41) is 3.48. The molecule has 0 radical (unpaired) electrons. The predicted molar refractivity (Wildman–Crippen MR) is 96.3 cm³/mol. The lowest BCUT2D eigenvalue weighted by atomic mass is 10.1. The molecule has 0 bridgehead atoms. The Morgan fingerprint density at radius 3 is 1.81 bits per heavy atom. The predicted octanol–water partition coefficient (Wildman–Crippen LogP) is 6.76. The molecule has 1 rings (SSSR count). The van der Waals surface area contributed by atoms with Crippen LogP contribution in [0.25, 0.3) is 0 Å². The SMILES string of the molecule is CCCCCCCCCCCCNc1ccc(CCl)cc1. The van der Waals surface area contributed by atoms with Gasteiger partial charge in [-0.25, -0.2) is 0 Å². The van der Waals surface area contributed by atoms with Crippen molar-refractivity contribution in [1.29, 1.82) is 0 Å². The first-order chi connectivity index (χ1) is 10.4. The molecule has 21 heavy (non-hydrogen) atoms. The van der Waals surface area contributed by atoms with Crippen LogP contribution in [0.4, 0.5) is 5.69 Å². The molecular weight excluding hydrogens is 278 g/mol. The number of halogens is 1. The maximum absolute atomic E-state index is 5.78. The normalized spacial score (nSPS) is 10.8. The molecule has 1 aromatic rings. The Hall–Kier alpha value is -0.690. The molecule has 1 N–H and O–H groups in total. The van der Waals surface area contributed by atoms with E-state index in [0.29, 0.717) is 5.88 Å². The number of nitrogens with one attached hydrogen (secondary N) is 1. The average molecular weight is 310 g/mol. The molecule has 1 nitrogen and oxygen atoms in total. The third-order valence-corrected chi connectivity index (χ3v) is 4.28. The number of anilines is 1. The lowest BCUT2D eigenvalue weighted by Crippen LogP contribution is -2.01. The second kappa shape index (κ2) is 13.0. The number of benzene rings is 1. The smallest absolute Gasteiger partial charge is 0.0474 e. The Kier molecular flexibility index (Phi) is 11.4. The van der Waals surface area contributed by atoms with Crippen molar-refractivity contribution in [3.8, 4) is 0 Å². The minimum absolute atomic E-state index is 0.596. The van der Waals surface area contributed by atoms with E-state index >= 15 is 0 Å². The fraction of sp³-hybridized carbons (Fsp3) is 0.684. The average Bonchev–Trinajstić information content (AvgIpc) is 2.53. The summed E-state index contributed by atoms with van der Waals surface area (Å²) >= 11 is 5.78. The Morgan fingerprint density at radius 2 is 1.29 bits per heavy atom. The highest BCUT2D eigenvalue weighted by Crippen LogP contribution is 2.13. The Balaban J connectivity index is 1.88. The van der Waals surface area contributed by atoms with Gasteiger partial charge in [-0.3, -0.25) is 0 Å². The van der Waals surface area contributed by atoms with Crippen LogP contribution in [0.5, 0.6) is 0 Å². The number of hydrogen-bond acceptors (Lipinski definition) is 1. The van der Waals surface area contributed by atoms with Crippen molar-refractivity contribution in [2.24, 2.45) is 0 Å². The summed E-state index contributed by atoms with van der Waals surface area (Å²) in [6.07, 6.45) is 13.9. The van der Waals surface area contributed by atoms with Gasteiger partial charge in [0.2, 0.25) is 0 Å². The van der Waals surface area contributed by atoms with Gasteiger partial charge in [0.15, 0.2) is 0 Å². The molecule has 0 fully saturated rings. The molecule has 1 aromatic carbocycles. The second-order valence-electron chi connectivity index (χ2n) is 5.94. The molecule has 0 amide bonds. The van der Waals surface area contributed by atoms with Gasteiger partial charge in [-0.2, -0.15) is 0 Å². The van der Waals surface area contributed by atoms with E-state index in [-0.39, 0.29) is 0 Å². The maximum atomic E-state index is 5.78. The summed E-state index contributed by atoms with van der Waals surface area (Å²) in [5.74, 6) is 0.596. The fourth-order valence-corrected chi connectivity index (χ4v) is 2.74. The summed E-state index contributed by atoms with van der Waals surface area (Å²) in [6, 6.07) is 8.42. The quantitative estimate of drug-likeness (QED) is 0.313. The summed E-state index contributed by atoms with van der Waals surface area (Å²) in [4.78, 5) is 0. The van der Waals surface area contributed by atoms with Crippen LogP contribution in [0.15, 0.2) is 24.3 Å². The zero-order valence-corrected chi connectivity index (χ0v) is 14.4. The molecule has 0 saturated carbocycles. The molecule has 0 atom stereocenters. The molecular formula is C19H32ClN. The van der Waals surface area contributed by atoms with Gasteiger partial charge in [0.05, 0.1) is 0 Å². The molecule has 0 spiro atoms. The molecule has 120 valence electrons. The number of alkyl halides is 1. The van der Waals surface area contributed by atoms with Crippen LogP contribution < -0.4 is 5.32 Å². The molecule has 0 heterocycles. The largest absolute Gasteiger partial charge is 0.385 e. The van der Waals surface area contributed by atoms with Gasteiger partial charge < -0.3 is 5.32 Å². The summed E-state index contributed by atoms with van der Waals surface area (Å²) in [5.41, 5.74) is 2.39. The van der Waals surface area contributed by atoms with Crippen molar-refractivity contribution in [2.45, 2.75) is 77.0 Å². The van der Waals surface area contributed by atoms with Gasteiger partial charge in [-0.05, 0) is 24.1 Å². The molecule has 0 unspecified atom stereocenters. The Labute approximate surface area is 136 Å². The lowest BCUT2D eigenvalue weighted by Gasteiger charge is -2.07. The minimum Gasteiger partial charge on any atom is -0.385 e. The third kappa shape index (κ3) is 9.79. The van der Waals surface area contributed by atoms with Crippen LogP contribution in [0.1, 0.15) is 76.7 Å². The van der Waals surface area contributed by atoms with E-state index < -0.39 is 0 Å². The zero-order valence-electron chi connectivity index (χ0n) is 13.7. The summed E-state index contributed by atoms with van der Waals surface area (Å²) < 4.78 is 0. The van der Waals surface area contributed by atoms with E-state index in [1.807, 2.05) is 0 Å². The molecule has 0 aliphatic heterocycles. The van der Waals surface area contributed by atoms with Gasteiger partial charge in [0, 0.05) is 18.1 Å². The first-order valence-corrected chi connectivity index (χ1v) is 9.29. The minimum atomic E-state index is 0.596. The van der Waals surface area contributed by atoms with Gasteiger partial charge in [0.25, 0.3) is 0 Å². The monoisotopic (exact) mass is 309 g/mol. The van der Waals surface area contributed by atoms with E-state index in [9.17, 15) is 0 Å². The number of unbranched alkanes of at least 4 members (excludes halogenated alkanes) is 9. The van der Waals surface area contributed by atoms with Crippen molar-refractivity contribution in [1.82, 2.24) is 0 Å². The van der Waals surface area contributed by atoms with Crippen molar-refractivity contribution in [3.63, 3.8) is 0 Å². The zero-order chi connectivity index (χ0) is 15.2. The first kappa shape index (κ1) is 18.4. The van der Waals surface area contributed by atoms with E-state index in [4.69, 9.17) is 11.6 Å². The maximum Gasteiger partial charge on any atom is 0.0474 e. The third-order valence-electron chi connectivity index (χ3n) is 3.97. The number of hydrogen-bond donors (Lipinski definition) is 1. The molecule has 0 aliphatic rings. The highest BCUT2D eigenvalue weighted by atomic mass is 35.5. The van der Waals surface area contributed by atoms with E-state index in [2.05, 4.69) is 36.5 Å². The fourth-order valence-electron chi connectivity index (χ4n) is 2.56. The van der Waals surface area contributed by atoms with Crippen LogP contribution in [0.3, 0.4) is 0 Å². The molecule has 0 aliphatic carbocycles. The second-order valence-corrected chi connectivity index (χ2v) is 6.21. The van der Waals surface area contributed by atoms with E-state index in [1.165, 1.54) is 75.5 Å². The van der Waals surface area contributed by atoms with Crippen LogP contribution >= 0.6 is 11.6 Å². The van der Waals surface area contributed by atoms with Crippen molar-refractivity contribution >= 4 is 17.3 Å². The Morgan fingerprint density at radius 1 is 0.762 bits per heavy atom. The van der Waals surface area contributed by atoms with Gasteiger partial charge in [0.1, 0.15) is 0 Å². The van der Waals surface area contributed by atoms with Gasteiger partial charge >= 0.3 is 0 Å². The van der Waals surface area contributed by atoms with Crippen LogP contribution in [0, 0.1) is 0 Å². The molecule has 2 heteroatoms. The Bertz CT molecular complexity index is 334. The van der Waals surface area contributed by atoms with Crippen LogP contribution in [0.2, 0.25) is 0 Å². The van der Waals surface area contributed by atoms with Crippen molar-refractivity contribution < 1.29 is 0 Å². The topological polar surface area (TPSA) is 12.0 Å². The highest BCUT2D eigenvalue weighted by Gasteiger charge is 1.95. The molecule has 0 aromatic heterocycles. The van der Waals surface area contributed by atoms with E-state index in [0.717, 1.165) is 6.54 Å². The van der Waals surface area contributed by atoms with Crippen LogP contribution in [-0.4, -0.2) is 6.54 Å². The lowest BCUT2D eigenvalue weighted by molar-refractivity contribution is 0.560. The van der Waals surface area contributed by atoms with Crippen molar-refractivity contribution in [2.75, 3.05) is 11.9 Å². The number of rotatable bonds is 13. The van der Waals surface area contributed by atoms with Crippen LogP contribution in [-0.2, 0) is 5.88 Å². The highest BCUT2D eigenvalue weighted by molar-refractivity contribution is 6.17. The van der Waals surface area contributed by atoms with Gasteiger partial charge in [-0.1, -0.05) is 76.8 Å². The first-order valence-electron chi connectivity index (χ1n) is 8.75. The summed E-state index contributed by atoms with van der Waals surface area (Å²) in [7, 11) is 0. The van der Waals surface area contributed by atoms with E-state index in [1.54, 1.807) is 0 Å². The summed E-state index contributed by atoms with van der Waals surface area (Å²) in [6.45, 7) is 3.36. The van der Waals surface area contributed by atoms with Gasteiger partial charge in [-0.15, -0.1) is 11.6 Å². The standard InChI is InChI=1S/C19H32ClN/c1-2-3-4-5-6-7-8-9-10-11-16-21-19-14-12-18(17-20)13-15-19/h12-15,21H,2-11,16-17H2,1H3. The van der Waals surface area contributed by atoms with Crippen molar-refractivity contribution in [3.05, 3.63) is 29.8 Å².